The molecule has 0 bridgehead atoms. The predicted octanol–water partition coefficient (Wildman–Crippen LogP) is 6.15. The van der Waals surface area contributed by atoms with Crippen LogP contribution in [0.1, 0.15) is 22.3 Å². The molecule has 0 radical (unpaired) electrons. The van der Waals surface area contributed by atoms with Gasteiger partial charge in [-0.1, -0.05) is 41.9 Å². The van der Waals surface area contributed by atoms with E-state index in [2.05, 4.69) is 9.97 Å². The second-order valence-electron chi connectivity index (χ2n) is 6.20. The van der Waals surface area contributed by atoms with Crippen LogP contribution in [-0.4, -0.2) is 16.6 Å². The van der Waals surface area contributed by atoms with Crippen molar-refractivity contribution in [2.24, 2.45) is 0 Å². The molecule has 0 aliphatic heterocycles. The summed E-state index contributed by atoms with van der Waals surface area (Å²) >= 11 is 11.2. The monoisotopic (exact) mass is 444 g/mol. The van der Waals surface area contributed by atoms with Gasteiger partial charge in [-0.05, 0) is 46.8 Å². The molecule has 3 nitrogen and oxygen atoms in total. The number of alkyl halides is 3. The van der Waals surface area contributed by atoms with E-state index in [9.17, 15) is 17.6 Å². The molecule has 2 aromatic carbocycles. The van der Waals surface area contributed by atoms with Crippen molar-refractivity contribution in [2.75, 3.05) is 6.61 Å². The molecule has 0 spiro atoms. The van der Waals surface area contributed by atoms with Gasteiger partial charge in [0.25, 0.3) is 5.88 Å². The molecule has 0 saturated heterocycles. The number of hydrogen-bond donors (Lipinski definition) is 0. The standard InChI is InChI=1S/C20H14Cl2F4N2O/c21-16-6-5-14(10-15(16)20(24,25)26)9-13-3-1-12(2-4-13)7-8-29-18-17(23)11-27-19(22)28-18/h1-6,10-11H,7-9H2. The number of aromatic nitrogens is 2. The van der Waals surface area contributed by atoms with Gasteiger partial charge in [0.05, 0.1) is 23.4 Å². The quantitative estimate of drug-likeness (QED) is 0.337. The lowest BCUT2D eigenvalue weighted by molar-refractivity contribution is -0.137. The van der Waals surface area contributed by atoms with E-state index in [-0.39, 0.29) is 22.8 Å². The average Bonchev–Trinajstić information content (AvgIpc) is 2.66. The van der Waals surface area contributed by atoms with Crippen molar-refractivity contribution in [2.45, 2.75) is 19.0 Å². The first-order valence-corrected chi connectivity index (χ1v) is 9.22. The first-order chi connectivity index (χ1) is 13.7. The predicted molar refractivity (Wildman–Crippen MR) is 102 cm³/mol. The van der Waals surface area contributed by atoms with Crippen molar-refractivity contribution in [3.05, 3.63) is 87.0 Å². The van der Waals surface area contributed by atoms with Gasteiger partial charge in [-0.3, -0.25) is 0 Å². The fourth-order valence-electron chi connectivity index (χ4n) is 2.66. The maximum Gasteiger partial charge on any atom is 0.417 e. The zero-order valence-corrected chi connectivity index (χ0v) is 16.3. The van der Waals surface area contributed by atoms with Crippen LogP contribution < -0.4 is 4.74 Å². The van der Waals surface area contributed by atoms with Crippen LogP contribution in [0, 0.1) is 5.82 Å². The van der Waals surface area contributed by atoms with Gasteiger partial charge < -0.3 is 4.74 Å². The molecular formula is C20H14Cl2F4N2O. The molecule has 29 heavy (non-hydrogen) atoms. The summed E-state index contributed by atoms with van der Waals surface area (Å²) in [6.07, 6.45) is -2.74. The molecule has 152 valence electrons. The number of halogens is 6. The van der Waals surface area contributed by atoms with Crippen molar-refractivity contribution < 1.29 is 22.3 Å². The van der Waals surface area contributed by atoms with Crippen LogP contribution >= 0.6 is 23.2 Å². The van der Waals surface area contributed by atoms with Gasteiger partial charge in [0.15, 0.2) is 0 Å². The normalized spacial score (nSPS) is 11.5. The number of hydrogen-bond acceptors (Lipinski definition) is 3. The molecule has 0 atom stereocenters. The van der Waals surface area contributed by atoms with E-state index < -0.39 is 17.6 Å². The summed E-state index contributed by atoms with van der Waals surface area (Å²) in [5, 5.41) is -0.431. The first kappa shape index (κ1) is 21.3. The van der Waals surface area contributed by atoms with Crippen molar-refractivity contribution in [3.8, 4) is 5.88 Å². The number of benzene rings is 2. The Bertz CT molecular complexity index is 995. The Labute approximate surface area is 174 Å². The highest BCUT2D eigenvalue weighted by molar-refractivity contribution is 6.31. The van der Waals surface area contributed by atoms with Crippen molar-refractivity contribution in [1.82, 2.24) is 9.97 Å². The largest absolute Gasteiger partial charge is 0.475 e. The zero-order chi connectivity index (χ0) is 21.0. The van der Waals surface area contributed by atoms with Gasteiger partial charge in [0.1, 0.15) is 0 Å². The minimum atomic E-state index is -4.50. The summed E-state index contributed by atoms with van der Waals surface area (Å²) in [7, 11) is 0. The Hall–Kier alpha value is -2.38. The number of nitrogens with zero attached hydrogens (tertiary/aromatic N) is 2. The highest BCUT2D eigenvalue weighted by Crippen LogP contribution is 2.35. The van der Waals surface area contributed by atoms with E-state index in [1.54, 1.807) is 6.07 Å². The van der Waals surface area contributed by atoms with Gasteiger partial charge in [0.2, 0.25) is 11.1 Å². The van der Waals surface area contributed by atoms with Crippen LogP contribution in [0.3, 0.4) is 0 Å². The lowest BCUT2D eigenvalue weighted by atomic mass is 10.0. The molecule has 1 heterocycles. The zero-order valence-electron chi connectivity index (χ0n) is 14.8. The second kappa shape index (κ2) is 8.97. The molecule has 0 amide bonds. The topological polar surface area (TPSA) is 35.0 Å². The minimum Gasteiger partial charge on any atom is -0.475 e. The summed E-state index contributed by atoms with van der Waals surface area (Å²) in [5.74, 6) is -0.921. The van der Waals surface area contributed by atoms with Gasteiger partial charge in [-0.15, -0.1) is 0 Å². The summed E-state index contributed by atoms with van der Waals surface area (Å²) < 4.78 is 57.7. The Morgan fingerprint density at radius 3 is 2.28 bits per heavy atom. The van der Waals surface area contributed by atoms with E-state index in [4.69, 9.17) is 27.9 Å². The van der Waals surface area contributed by atoms with Gasteiger partial charge in [0, 0.05) is 6.42 Å². The van der Waals surface area contributed by atoms with Gasteiger partial charge >= 0.3 is 6.18 Å². The third-order valence-corrected chi connectivity index (χ3v) is 4.59. The van der Waals surface area contributed by atoms with Crippen LogP contribution in [0.15, 0.2) is 48.7 Å². The lowest BCUT2D eigenvalue weighted by Gasteiger charge is -2.11. The third-order valence-electron chi connectivity index (χ3n) is 4.08. The van der Waals surface area contributed by atoms with Crippen LogP contribution in [-0.2, 0) is 19.0 Å². The third kappa shape index (κ3) is 5.81. The molecule has 0 unspecified atom stereocenters. The van der Waals surface area contributed by atoms with Gasteiger partial charge in [-0.2, -0.15) is 22.5 Å². The summed E-state index contributed by atoms with van der Waals surface area (Å²) in [4.78, 5) is 7.17. The van der Waals surface area contributed by atoms with E-state index in [1.165, 1.54) is 6.07 Å². The van der Waals surface area contributed by atoms with Crippen LogP contribution in [0.4, 0.5) is 17.6 Å². The van der Waals surface area contributed by atoms with Crippen LogP contribution in [0.25, 0.3) is 0 Å². The fraction of sp³-hybridized carbons (Fsp3) is 0.200. The van der Waals surface area contributed by atoms with E-state index in [0.717, 1.165) is 23.4 Å². The maximum atomic E-state index is 13.5. The number of ether oxygens (including phenoxy) is 1. The average molecular weight is 445 g/mol. The summed E-state index contributed by atoms with van der Waals surface area (Å²) in [6, 6.07) is 11.2. The first-order valence-electron chi connectivity index (χ1n) is 8.46. The lowest BCUT2D eigenvalue weighted by Crippen LogP contribution is -2.07. The maximum absolute atomic E-state index is 13.5. The highest BCUT2D eigenvalue weighted by Gasteiger charge is 2.33. The second-order valence-corrected chi connectivity index (χ2v) is 6.94. The molecule has 3 aromatic rings. The highest BCUT2D eigenvalue weighted by atomic mass is 35.5. The Morgan fingerprint density at radius 1 is 0.931 bits per heavy atom. The smallest absolute Gasteiger partial charge is 0.417 e. The minimum absolute atomic E-state index is 0.110. The molecule has 0 N–H and O–H groups in total. The Morgan fingerprint density at radius 2 is 1.59 bits per heavy atom. The molecular weight excluding hydrogens is 431 g/mol. The Kier molecular flexibility index (Phi) is 6.59. The molecule has 3 rings (SSSR count). The van der Waals surface area contributed by atoms with Crippen molar-refractivity contribution in [3.63, 3.8) is 0 Å². The molecule has 1 aromatic heterocycles. The van der Waals surface area contributed by atoms with E-state index in [0.29, 0.717) is 18.4 Å². The van der Waals surface area contributed by atoms with Crippen molar-refractivity contribution >= 4 is 23.2 Å². The molecule has 0 aliphatic rings. The van der Waals surface area contributed by atoms with E-state index in [1.807, 2.05) is 24.3 Å². The molecule has 0 aliphatic carbocycles. The summed E-state index contributed by atoms with van der Waals surface area (Å²) in [5.41, 5.74) is 1.43. The van der Waals surface area contributed by atoms with Crippen LogP contribution in [0.5, 0.6) is 5.88 Å². The Balaban J connectivity index is 1.60. The SMILES string of the molecule is Fc1cnc(Cl)nc1OCCc1ccc(Cc2ccc(Cl)c(C(F)(F)F)c2)cc1. The number of rotatable bonds is 6. The van der Waals surface area contributed by atoms with Crippen molar-refractivity contribution in [1.29, 1.82) is 0 Å². The molecule has 0 saturated carbocycles. The van der Waals surface area contributed by atoms with E-state index >= 15 is 0 Å². The summed E-state index contributed by atoms with van der Waals surface area (Å²) in [6.45, 7) is 0.176. The van der Waals surface area contributed by atoms with Crippen LogP contribution in [0.2, 0.25) is 10.3 Å². The van der Waals surface area contributed by atoms with Gasteiger partial charge in [-0.25, -0.2) is 4.98 Å². The molecule has 9 heteroatoms. The fourth-order valence-corrected chi connectivity index (χ4v) is 3.01. The molecule has 0 fully saturated rings.